The number of amides is 1. The maximum atomic E-state index is 11.8. The molecule has 0 atom stereocenters. The molecule has 1 aromatic rings. The Balaban J connectivity index is 2.79. The zero-order valence-corrected chi connectivity index (χ0v) is 10.4. The maximum Gasteiger partial charge on any atom is 0.251 e. The maximum absolute atomic E-state index is 11.8. The van der Waals surface area contributed by atoms with Crippen LogP contribution in [0.25, 0.3) is 0 Å². The third-order valence-electron chi connectivity index (χ3n) is 1.50. The first-order valence-corrected chi connectivity index (χ1v) is 5.52. The quantitative estimate of drug-likeness (QED) is 0.910. The van der Waals surface area contributed by atoms with Crippen molar-refractivity contribution in [3.63, 3.8) is 0 Å². The van der Waals surface area contributed by atoms with E-state index in [0.29, 0.717) is 5.56 Å². The second kappa shape index (κ2) is 5.46. The van der Waals surface area contributed by atoms with Crippen molar-refractivity contribution in [2.75, 3.05) is 13.2 Å². The highest BCUT2D eigenvalue weighted by Gasteiger charge is 2.06. The van der Waals surface area contributed by atoms with E-state index in [1.807, 2.05) is 6.07 Å². The van der Waals surface area contributed by atoms with Gasteiger partial charge in [-0.15, -0.1) is 0 Å². The molecule has 0 aliphatic carbocycles. The number of carbonyl (C=O) groups is 1. The summed E-state index contributed by atoms with van der Waals surface area (Å²) in [5.74, 6) is -0.273. The Labute approximate surface area is 98.1 Å². The van der Waals surface area contributed by atoms with Gasteiger partial charge in [0.1, 0.15) is 6.67 Å². The normalized spacial score (nSPS) is 9.93. The zero-order valence-electron chi connectivity index (χ0n) is 7.19. The molecule has 0 unspecified atom stereocenters. The van der Waals surface area contributed by atoms with E-state index in [1.165, 1.54) is 0 Å². The number of alkyl halides is 1. The summed E-state index contributed by atoms with van der Waals surface area (Å²) < 4.78 is 13.4. The van der Waals surface area contributed by atoms with Crippen LogP contribution < -0.4 is 5.32 Å². The number of benzene rings is 1. The molecule has 0 fully saturated rings. The topological polar surface area (TPSA) is 29.1 Å². The number of hydrogen-bond donors (Lipinski definition) is 1. The van der Waals surface area contributed by atoms with Gasteiger partial charge in [0, 0.05) is 21.1 Å². The van der Waals surface area contributed by atoms with Gasteiger partial charge in [0.2, 0.25) is 0 Å². The van der Waals surface area contributed by atoms with Crippen LogP contribution >= 0.6 is 31.9 Å². The molecule has 0 saturated heterocycles. The molecule has 2 nitrogen and oxygen atoms in total. The molecule has 0 bridgehead atoms. The van der Waals surface area contributed by atoms with Crippen molar-refractivity contribution in [2.24, 2.45) is 0 Å². The zero-order chi connectivity index (χ0) is 10.6. The second-order valence-corrected chi connectivity index (χ2v) is 4.43. The molecule has 14 heavy (non-hydrogen) atoms. The minimum atomic E-state index is -0.555. The van der Waals surface area contributed by atoms with Gasteiger partial charge in [0.25, 0.3) is 5.91 Å². The molecule has 5 heteroatoms. The fraction of sp³-hybridized carbons (Fsp3) is 0.222. The third kappa shape index (κ3) is 3.38. The fourth-order valence-corrected chi connectivity index (χ4v) is 2.24. The molecule has 0 aromatic heterocycles. The lowest BCUT2D eigenvalue weighted by Crippen LogP contribution is -2.25. The molecule has 0 aliphatic heterocycles. The number of hydrogen-bond acceptors (Lipinski definition) is 1. The van der Waals surface area contributed by atoms with E-state index < -0.39 is 6.67 Å². The summed E-state index contributed by atoms with van der Waals surface area (Å²) in [6.07, 6.45) is 0. The van der Waals surface area contributed by atoms with Crippen molar-refractivity contribution < 1.29 is 9.18 Å². The largest absolute Gasteiger partial charge is 0.349 e. The predicted octanol–water partition coefficient (Wildman–Crippen LogP) is 2.91. The summed E-state index contributed by atoms with van der Waals surface area (Å²) in [5.41, 5.74) is 0.500. The summed E-state index contributed by atoms with van der Waals surface area (Å²) in [6.45, 7) is -0.510. The van der Waals surface area contributed by atoms with Gasteiger partial charge in [-0.25, -0.2) is 4.39 Å². The Morgan fingerprint density at radius 2 is 1.86 bits per heavy atom. The number of carbonyl (C=O) groups excluding carboxylic acids is 1. The molecule has 76 valence electrons. The lowest BCUT2D eigenvalue weighted by molar-refractivity contribution is 0.0950. The van der Waals surface area contributed by atoms with Crippen molar-refractivity contribution in [2.45, 2.75) is 0 Å². The summed E-state index contributed by atoms with van der Waals surface area (Å²) >= 11 is 6.53. The van der Waals surface area contributed by atoms with Crippen LogP contribution in [0.2, 0.25) is 0 Å². The molecule has 1 N–H and O–H groups in total. The van der Waals surface area contributed by atoms with Crippen LogP contribution in [0.4, 0.5) is 4.39 Å². The highest BCUT2D eigenvalue weighted by Crippen LogP contribution is 2.19. The van der Waals surface area contributed by atoms with E-state index in [2.05, 4.69) is 37.2 Å². The number of rotatable bonds is 3. The average molecular weight is 325 g/mol. The molecule has 1 rings (SSSR count). The lowest BCUT2D eigenvalue weighted by atomic mass is 10.2. The van der Waals surface area contributed by atoms with Crippen LogP contribution in [0, 0.1) is 0 Å². The van der Waals surface area contributed by atoms with Crippen molar-refractivity contribution in [1.82, 2.24) is 5.32 Å². The van der Waals surface area contributed by atoms with Crippen molar-refractivity contribution in [1.29, 1.82) is 0 Å². The molecule has 0 heterocycles. The van der Waals surface area contributed by atoms with Crippen LogP contribution in [-0.2, 0) is 0 Å². The summed E-state index contributed by atoms with van der Waals surface area (Å²) in [5, 5.41) is 2.45. The van der Waals surface area contributed by atoms with Gasteiger partial charge < -0.3 is 5.32 Å². The highest BCUT2D eigenvalue weighted by atomic mass is 79.9. The van der Waals surface area contributed by atoms with E-state index in [1.54, 1.807) is 12.1 Å². The highest BCUT2D eigenvalue weighted by molar-refractivity contribution is 9.11. The summed E-state index contributed by atoms with van der Waals surface area (Å²) in [6, 6.07) is 5.18. The van der Waals surface area contributed by atoms with E-state index >= 15 is 0 Å². The third-order valence-corrected chi connectivity index (χ3v) is 2.42. The Kier molecular flexibility index (Phi) is 4.54. The lowest BCUT2D eigenvalue weighted by Gasteiger charge is -2.03. The SMILES string of the molecule is O=C(NCCF)c1cc(Br)cc(Br)c1. The van der Waals surface area contributed by atoms with Crippen molar-refractivity contribution in [3.05, 3.63) is 32.7 Å². The van der Waals surface area contributed by atoms with Crippen LogP contribution in [0.3, 0.4) is 0 Å². The second-order valence-electron chi connectivity index (χ2n) is 2.60. The Bertz CT molecular complexity index is 323. The van der Waals surface area contributed by atoms with Gasteiger partial charge in [-0.2, -0.15) is 0 Å². The van der Waals surface area contributed by atoms with E-state index in [0.717, 1.165) is 8.95 Å². The van der Waals surface area contributed by atoms with Crippen molar-refractivity contribution in [3.8, 4) is 0 Å². The molecular formula is C9H8Br2FNO. The Morgan fingerprint density at radius 1 is 1.29 bits per heavy atom. The first-order valence-electron chi connectivity index (χ1n) is 3.93. The molecule has 0 saturated carbocycles. The minimum absolute atomic E-state index is 0.0446. The van der Waals surface area contributed by atoms with Crippen LogP contribution in [-0.4, -0.2) is 19.1 Å². The average Bonchev–Trinajstić information content (AvgIpc) is 2.12. The first kappa shape index (κ1) is 11.7. The molecule has 0 radical (unpaired) electrons. The number of halogens is 3. The summed E-state index contributed by atoms with van der Waals surface area (Å²) in [7, 11) is 0. The minimum Gasteiger partial charge on any atom is -0.349 e. The first-order chi connectivity index (χ1) is 6.63. The van der Waals surface area contributed by atoms with Crippen molar-refractivity contribution >= 4 is 37.8 Å². The molecule has 1 aromatic carbocycles. The number of nitrogens with one attached hydrogen (secondary N) is 1. The standard InChI is InChI=1S/C9H8Br2FNO/c10-7-3-6(4-8(11)5-7)9(14)13-2-1-12/h3-5H,1-2H2,(H,13,14). The molecule has 1 amide bonds. The molecular weight excluding hydrogens is 317 g/mol. The molecule has 0 spiro atoms. The van der Waals surface area contributed by atoms with Crippen LogP contribution in [0.5, 0.6) is 0 Å². The van der Waals surface area contributed by atoms with Gasteiger partial charge in [-0.05, 0) is 18.2 Å². The van der Waals surface area contributed by atoms with Crippen LogP contribution in [0.15, 0.2) is 27.1 Å². The van der Waals surface area contributed by atoms with Crippen LogP contribution in [0.1, 0.15) is 10.4 Å². The smallest absolute Gasteiger partial charge is 0.251 e. The van der Waals surface area contributed by atoms with E-state index in [-0.39, 0.29) is 12.5 Å². The van der Waals surface area contributed by atoms with E-state index in [9.17, 15) is 9.18 Å². The van der Waals surface area contributed by atoms with Gasteiger partial charge in [-0.1, -0.05) is 31.9 Å². The summed E-state index contributed by atoms with van der Waals surface area (Å²) in [4.78, 5) is 11.4. The monoisotopic (exact) mass is 323 g/mol. The Morgan fingerprint density at radius 3 is 2.36 bits per heavy atom. The Hall–Kier alpha value is -0.420. The van der Waals surface area contributed by atoms with E-state index in [4.69, 9.17) is 0 Å². The van der Waals surface area contributed by atoms with Gasteiger partial charge in [-0.3, -0.25) is 4.79 Å². The fourth-order valence-electron chi connectivity index (χ4n) is 0.948. The van der Waals surface area contributed by atoms with Gasteiger partial charge >= 0.3 is 0 Å². The van der Waals surface area contributed by atoms with Gasteiger partial charge in [0.15, 0.2) is 0 Å². The predicted molar refractivity (Wildman–Crippen MR) is 60.2 cm³/mol. The molecule has 0 aliphatic rings. The van der Waals surface area contributed by atoms with Gasteiger partial charge in [0.05, 0.1) is 0 Å².